The van der Waals surface area contributed by atoms with Gasteiger partial charge in [0.1, 0.15) is 0 Å². The zero-order valence-corrected chi connectivity index (χ0v) is 8.39. The van der Waals surface area contributed by atoms with Gasteiger partial charge in [-0.25, -0.2) is 0 Å². The lowest BCUT2D eigenvalue weighted by atomic mass is 10.0. The third kappa shape index (κ3) is 5.09. The Morgan fingerprint density at radius 3 is 1.42 bits per heavy atom. The molecule has 0 radical (unpaired) electrons. The number of hydrogen-bond donors (Lipinski definition) is 0. The summed E-state index contributed by atoms with van der Waals surface area (Å²) in [7, 11) is -4.62. The van der Waals surface area contributed by atoms with Crippen LogP contribution in [0.1, 0.15) is 13.8 Å². The maximum atomic E-state index is 10.2. The highest BCUT2D eigenvalue weighted by Crippen LogP contribution is 2.03. The lowest BCUT2D eigenvalue weighted by Crippen LogP contribution is -2.12. The summed E-state index contributed by atoms with van der Waals surface area (Å²) in [4.78, 5) is 0. The Labute approximate surface area is 74.3 Å². The van der Waals surface area contributed by atoms with Gasteiger partial charge in [-0.2, -0.15) is 16.8 Å². The van der Waals surface area contributed by atoms with Crippen LogP contribution < -0.4 is 0 Å². The summed E-state index contributed by atoms with van der Waals surface area (Å²) in [5, 5.41) is 1.95. The van der Waals surface area contributed by atoms with E-state index >= 15 is 0 Å². The molecular weight excluding hydrogens is 200 g/mol. The molecule has 70 valence electrons. The van der Waals surface area contributed by atoms with E-state index in [0.717, 1.165) is 10.7 Å². The van der Waals surface area contributed by atoms with E-state index in [-0.39, 0.29) is 5.92 Å². The first kappa shape index (κ1) is 11.4. The minimum absolute atomic E-state index is 0.0409. The zero-order valence-electron chi connectivity index (χ0n) is 6.76. The van der Waals surface area contributed by atoms with Crippen LogP contribution in [0.5, 0.6) is 0 Å². The molecule has 0 aliphatic rings. The van der Waals surface area contributed by atoms with Gasteiger partial charge in [-0.3, -0.25) is 0 Å². The predicted octanol–water partition coefficient (Wildman–Crippen LogP) is -0.379. The van der Waals surface area contributed by atoms with Gasteiger partial charge in [-0.15, -0.1) is 0 Å². The summed E-state index contributed by atoms with van der Waals surface area (Å²) in [6.07, 6.45) is 0. The van der Waals surface area contributed by atoms with Crippen molar-refractivity contribution in [3.05, 3.63) is 0 Å². The third-order valence-corrected chi connectivity index (χ3v) is 2.38. The monoisotopic (exact) mass is 210 g/mol. The van der Waals surface area contributed by atoms with Gasteiger partial charge >= 0.3 is 0 Å². The summed E-state index contributed by atoms with van der Waals surface area (Å²) in [5.41, 5.74) is 0. The van der Waals surface area contributed by atoms with Crippen LogP contribution in [0, 0.1) is 11.8 Å². The van der Waals surface area contributed by atoms with Gasteiger partial charge in [0.25, 0.3) is 0 Å². The molecule has 0 N–H and O–H groups in total. The molecule has 0 fully saturated rings. The molecule has 0 saturated heterocycles. The molecule has 4 nitrogen and oxygen atoms in total. The minimum atomic E-state index is -2.31. The molecular formula is C6H10O4S2. The molecule has 0 unspecified atom stereocenters. The highest BCUT2D eigenvalue weighted by atomic mass is 32.2. The van der Waals surface area contributed by atoms with Crippen LogP contribution in [-0.2, 0) is 20.6 Å². The Hall–Kier alpha value is -0.620. The molecule has 0 aromatic carbocycles. The van der Waals surface area contributed by atoms with Gasteiger partial charge in [0.15, 0.2) is 0 Å². The van der Waals surface area contributed by atoms with Gasteiger partial charge in [-0.05, 0) is 5.92 Å². The van der Waals surface area contributed by atoms with Crippen LogP contribution >= 0.6 is 0 Å². The molecule has 0 atom stereocenters. The number of hydrogen-bond acceptors (Lipinski definition) is 4. The van der Waals surface area contributed by atoms with E-state index in [4.69, 9.17) is 0 Å². The Balaban J connectivity index is 4.95. The molecule has 0 aromatic heterocycles. The topological polar surface area (TPSA) is 68.3 Å². The van der Waals surface area contributed by atoms with Crippen LogP contribution in [0.25, 0.3) is 0 Å². The van der Waals surface area contributed by atoms with Gasteiger partial charge in [0.05, 0.1) is 0 Å². The van der Waals surface area contributed by atoms with Gasteiger partial charge < -0.3 is 0 Å². The van der Waals surface area contributed by atoms with Crippen molar-refractivity contribution in [1.82, 2.24) is 0 Å². The fraction of sp³-hybridized carbons (Fsp3) is 0.667. The predicted molar refractivity (Wildman–Crippen MR) is 48.3 cm³/mol. The van der Waals surface area contributed by atoms with Crippen LogP contribution in [-0.4, -0.2) is 27.6 Å². The molecule has 0 aliphatic heterocycles. The average Bonchev–Trinajstić information content (AvgIpc) is 1.83. The van der Waals surface area contributed by atoms with Crippen LogP contribution in [0.4, 0.5) is 0 Å². The SMILES string of the molecule is CC(C)C(C=S(=O)=O)C=S(=O)=O. The first-order chi connectivity index (χ1) is 5.43. The normalized spacial score (nSPS) is 10.0. The first-order valence-electron chi connectivity index (χ1n) is 3.29. The number of rotatable bonds is 3. The van der Waals surface area contributed by atoms with Crippen molar-refractivity contribution in [2.24, 2.45) is 11.8 Å². The Morgan fingerprint density at radius 1 is 0.917 bits per heavy atom. The maximum absolute atomic E-state index is 10.2. The van der Waals surface area contributed by atoms with E-state index in [1.165, 1.54) is 0 Å². The summed E-state index contributed by atoms with van der Waals surface area (Å²) in [5.74, 6) is -0.581. The van der Waals surface area contributed by atoms with E-state index in [2.05, 4.69) is 0 Å². The Kier molecular flexibility index (Phi) is 4.84. The molecule has 0 spiro atoms. The van der Waals surface area contributed by atoms with Crippen LogP contribution in [0.2, 0.25) is 0 Å². The Bertz CT molecular complexity index is 333. The molecule has 6 heteroatoms. The van der Waals surface area contributed by atoms with E-state index in [9.17, 15) is 16.8 Å². The third-order valence-electron chi connectivity index (χ3n) is 1.31. The molecule has 0 saturated carbocycles. The molecule has 0 aliphatic carbocycles. The van der Waals surface area contributed by atoms with Crippen molar-refractivity contribution in [2.45, 2.75) is 13.8 Å². The quantitative estimate of drug-likeness (QED) is 0.595. The fourth-order valence-electron chi connectivity index (χ4n) is 0.603. The lowest BCUT2D eigenvalue weighted by molar-refractivity contribution is 0.609. The fourth-order valence-corrected chi connectivity index (χ4v) is 2.00. The highest BCUT2D eigenvalue weighted by Gasteiger charge is 2.08. The summed E-state index contributed by atoms with van der Waals surface area (Å²) in [6, 6.07) is 0. The van der Waals surface area contributed by atoms with E-state index in [1.54, 1.807) is 13.8 Å². The lowest BCUT2D eigenvalue weighted by Gasteiger charge is -2.06. The van der Waals surface area contributed by atoms with Gasteiger partial charge in [0.2, 0.25) is 20.6 Å². The highest BCUT2D eigenvalue weighted by molar-refractivity contribution is 7.73. The molecule has 0 rings (SSSR count). The van der Waals surface area contributed by atoms with Crippen molar-refractivity contribution in [3.8, 4) is 0 Å². The van der Waals surface area contributed by atoms with Crippen LogP contribution in [0.3, 0.4) is 0 Å². The minimum Gasteiger partial charge on any atom is -0.185 e. The van der Waals surface area contributed by atoms with Crippen LogP contribution in [0.15, 0.2) is 0 Å². The summed E-state index contributed by atoms with van der Waals surface area (Å²) >= 11 is 0. The second-order valence-electron chi connectivity index (χ2n) is 2.61. The first-order valence-corrected chi connectivity index (χ1v) is 5.57. The Morgan fingerprint density at radius 2 is 1.25 bits per heavy atom. The van der Waals surface area contributed by atoms with Crippen molar-refractivity contribution in [2.75, 3.05) is 0 Å². The molecule has 0 heterocycles. The van der Waals surface area contributed by atoms with E-state index in [0.29, 0.717) is 0 Å². The average molecular weight is 210 g/mol. The van der Waals surface area contributed by atoms with Crippen molar-refractivity contribution >= 4 is 31.3 Å². The van der Waals surface area contributed by atoms with E-state index in [1.807, 2.05) is 0 Å². The van der Waals surface area contributed by atoms with Crippen molar-refractivity contribution < 1.29 is 16.8 Å². The molecule has 0 aromatic rings. The molecule has 0 bridgehead atoms. The second-order valence-corrected chi connectivity index (χ2v) is 4.20. The largest absolute Gasteiger partial charge is 0.210 e. The van der Waals surface area contributed by atoms with Crippen molar-refractivity contribution in [3.63, 3.8) is 0 Å². The second kappa shape index (κ2) is 5.10. The van der Waals surface area contributed by atoms with E-state index < -0.39 is 26.5 Å². The van der Waals surface area contributed by atoms with Gasteiger partial charge in [0, 0.05) is 16.7 Å². The smallest absolute Gasteiger partial charge is 0.185 e. The summed E-state index contributed by atoms with van der Waals surface area (Å²) < 4.78 is 40.9. The molecule has 0 amide bonds. The zero-order chi connectivity index (χ0) is 9.72. The van der Waals surface area contributed by atoms with Gasteiger partial charge in [-0.1, -0.05) is 13.8 Å². The van der Waals surface area contributed by atoms with Crippen molar-refractivity contribution in [1.29, 1.82) is 0 Å². The maximum Gasteiger partial charge on any atom is 0.210 e. The molecule has 12 heavy (non-hydrogen) atoms. The standard InChI is InChI=1S/C6H10O4S2/c1-5(2)6(3-11(7)8)4-12(9)10/h3-6H,1-2H3. The summed E-state index contributed by atoms with van der Waals surface area (Å²) in [6.45, 7) is 3.49.